The van der Waals surface area contributed by atoms with Gasteiger partial charge in [0.05, 0.1) is 0 Å². The first-order valence-corrected chi connectivity index (χ1v) is 5.15. The Morgan fingerprint density at radius 3 is 2.56 bits per heavy atom. The highest BCUT2D eigenvalue weighted by atomic mass is 19.1. The van der Waals surface area contributed by atoms with E-state index in [1.165, 1.54) is 11.0 Å². The number of hydrogen-bond acceptors (Lipinski definition) is 2. The van der Waals surface area contributed by atoms with Gasteiger partial charge in [-0.05, 0) is 31.5 Å². The first-order valence-electron chi connectivity index (χ1n) is 5.15. The number of benzene rings is 1. The second-order valence-electron chi connectivity index (χ2n) is 4.06. The van der Waals surface area contributed by atoms with Crippen molar-refractivity contribution in [2.24, 2.45) is 0 Å². The van der Waals surface area contributed by atoms with E-state index in [9.17, 15) is 9.18 Å². The highest BCUT2D eigenvalue weighted by Gasteiger charge is 2.14. The first kappa shape index (κ1) is 12.5. The minimum atomic E-state index is -0.364. The third kappa shape index (κ3) is 2.95. The minimum Gasteiger partial charge on any atom is -0.374 e. The van der Waals surface area contributed by atoms with E-state index < -0.39 is 0 Å². The molecule has 0 bridgehead atoms. The molecule has 0 spiro atoms. The van der Waals surface area contributed by atoms with Crippen molar-refractivity contribution in [1.82, 2.24) is 4.90 Å². The zero-order valence-electron chi connectivity index (χ0n) is 10.0. The predicted molar refractivity (Wildman–Crippen MR) is 62.9 cm³/mol. The maximum Gasteiger partial charge on any atom is 0.244 e. The smallest absolute Gasteiger partial charge is 0.244 e. The van der Waals surface area contributed by atoms with Crippen LogP contribution in [-0.4, -0.2) is 30.9 Å². The lowest BCUT2D eigenvalue weighted by Crippen LogP contribution is -2.36. The Morgan fingerprint density at radius 2 is 2.06 bits per heavy atom. The zero-order chi connectivity index (χ0) is 12.3. The molecule has 1 N–H and O–H groups in total. The molecule has 0 fully saturated rings. The largest absolute Gasteiger partial charge is 0.374 e. The SMILES string of the molecule is Cc1ccc(NC(C)C(=O)N(C)C)cc1F. The summed E-state index contributed by atoms with van der Waals surface area (Å²) in [4.78, 5) is 13.1. The average molecular weight is 224 g/mol. The van der Waals surface area contributed by atoms with Gasteiger partial charge in [-0.1, -0.05) is 6.07 Å². The van der Waals surface area contributed by atoms with Crippen molar-refractivity contribution in [1.29, 1.82) is 0 Å². The van der Waals surface area contributed by atoms with Crippen molar-refractivity contribution in [3.8, 4) is 0 Å². The van der Waals surface area contributed by atoms with Crippen LogP contribution in [0.1, 0.15) is 12.5 Å². The monoisotopic (exact) mass is 224 g/mol. The second-order valence-corrected chi connectivity index (χ2v) is 4.06. The van der Waals surface area contributed by atoms with Crippen molar-refractivity contribution < 1.29 is 9.18 Å². The number of likely N-dealkylation sites (N-methyl/N-ethyl adjacent to an activating group) is 1. The number of nitrogens with zero attached hydrogens (tertiary/aromatic N) is 1. The second kappa shape index (κ2) is 4.96. The van der Waals surface area contributed by atoms with Gasteiger partial charge in [-0.25, -0.2) is 4.39 Å². The highest BCUT2D eigenvalue weighted by Crippen LogP contribution is 2.14. The molecule has 3 nitrogen and oxygen atoms in total. The lowest BCUT2D eigenvalue weighted by atomic mass is 10.2. The van der Waals surface area contributed by atoms with Crippen LogP contribution in [0.15, 0.2) is 18.2 Å². The molecule has 1 amide bonds. The van der Waals surface area contributed by atoms with E-state index >= 15 is 0 Å². The van der Waals surface area contributed by atoms with Gasteiger partial charge in [0, 0.05) is 19.8 Å². The van der Waals surface area contributed by atoms with E-state index in [0.29, 0.717) is 11.3 Å². The Hall–Kier alpha value is -1.58. The Bertz CT molecular complexity index is 391. The summed E-state index contributed by atoms with van der Waals surface area (Å²) in [5.74, 6) is -0.310. The standard InChI is InChI=1S/C12H17FN2O/c1-8-5-6-10(7-11(8)13)14-9(2)12(16)15(3)4/h5-7,9,14H,1-4H3. The van der Waals surface area contributed by atoms with E-state index in [4.69, 9.17) is 0 Å². The molecule has 0 heterocycles. The molecule has 16 heavy (non-hydrogen) atoms. The van der Waals surface area contributed by atoms with Crippen molar-refractivity contribution in [3.63, 3.8) is 0 Å². The molecule has 88 valence electrons. The van der Waals surface area contributed by atoms with Gasteiger partial charge in [0.15, 0.2) is 0 Å². The van der Waals surface area contributed by atoms with Crippen molar-refractivity contribution in [2.45, 2.75) is 19.9 Å². The molecule has 0 radical (unpaired) electrons. The summed E-state index contributed by atoms with van der Waals surface area (Å²) in [6.45, 7) is 3.45. The zero-order valence-corrected chi connectivity index (χ0v) is 10.0. The summed E-state index contributed by atoms with van der Waals surface area (Å²) >= 11 is 0. The van der Waals surface area contributed by atoms with Gasteiger partial charge in [-0.2, -0.15) is 0 Å². The van der Waals surface area contributed by atoms with Gasteiger partial charge in [-0.15, -0.1) is 0 Å². The Balaban J connectivity index is 2.73. The summed E-state index contributed by atoms with van der Waals surface area (Å²) in [6.07, 6.45) is 0. The topological polar surface area (TPSA) is 32.3 Å². The molecule has 0 aliphatic carbocycles. The van der Waals surface area contributed by atoms with Gasteiger partial charge >= 0.3 is 0 Å². The Morgan fingerprint density at radius 1 is 1.44 bits per heavy atom. The van der Waals surface area contributed by atoms with Crippen LogP contribution in [0.3, 0.4) is 0 Å². The molecular weight excluding hydrogens is 207 g/mol. The molecule has 0 saturated carbocycles. The molecule has 0 saturated heterocycles. The minimum absolute atomic E-state index is 0.0408. The van der Waals surface area contributed by atoms with E-state index in [-0.39, 0.29) is 17.8 Å². The van der Waals surface area contributed by atoms with Gasteiger partial charge in [0.2, 0.25) is 5.91 Å². The summed E-state index contributed by atoms with van der Waals surface area (Å²) < 4.78 is 13.3. The molecule has 1 atom stereocenters. The van der Waals surface area contributed by atoms with Crippen LogP contribution in [0.5, 0.6) is 0 Å². The average Bonchev–Trinajstić information content (AvgIpc) is 2.22. The summed E-state index contributed by atoms with van der Waals surface area (Å²) in [5, 5.41) is 2.96. The summed E-state index contributed by atoms with van der Waals surface area (Å²) in [5.41, 5.74) is 1.21. The van der Waals surface area contributed by atoms with Crippen LogP contribution < -0.4 is 5.32 Å². The molecule has 0 aliphatic heterocycles. The predicted octanol–water partition coefficient (Wildman–Crippen LogP) is 2.02. The molecule has 1 aromatic carbocycles. The van der Waals surface area contributed by atoms with Crippen LogP contribution >= 0.6 is 0 Å². The van der Waals surface area contributed by atoms with E-state index in [1.54, 1.807) is 40.1 Å². The first-order chi connectivity index (χ1) is 7.41. The van der Waals surface area contributed by atoms with E-state index in [0.717, 1.165) is 0 Å². The maximum atomic E-state index is 13.3. The summed E-state index contributed by atoms with van der Waals surface area (Å²) in [7, 11) is 3.38. The molecule has 4 heteroatoms. The number of anilines is 1. The summed E-state index contributed by atoms with van der Waals surface area (Å²) in [6, 6.07) is 4.48. The molecule has 1 aromatic rings. The van der Waals surface area contributed by atoms with Crippen molar-refractivity contribution in [2.75, 3.05) is 19.4 Å². The molecule has 1 unspecified atom stereocenters. The number of nitrogens with one attached hydrogen (secondary N) is 1. The highest BCUT2D eigenvalue weighted by molar-refractivity contribution is 5.83. The van der Waals surface area contributed by atoms with Gasteiger partial charge in [-0.3, -0.25) is 4.79 Å². The van der Waals surface area contributed by atoms with Crippen LogP contribution in [0.25, 0.3) is 0 Å². The molecular formula is C12H17FN2O. The molecule has 1 rings (SSSR count). The maximum absolute atomic E-state index is 13.3. The van der Waals surface area contributed by atoms with Crippen molar-refractivity contribution >= 4 is 11.6 Å². The van der Waals surface area contributed by atoms with Crippen LogP contribution in [0, 0.1) is 12.7 Å². The quantitative estimate of drug-likeness (QED) is 0.852. The van der Waals surface area contributed by atoms with Crippen molar-refractivity contribution in [3.05, 3.63) is 29.6 Å². The fraction of sp³-hybridized carbons (Fsp3) is 0.417. The van der Waals surface area contributed by atoms with Gasteiger partial charge < -0.3 is 10.2 Å². The number of carbonyl (C=O) groups is 1. The Kier molecular flexibility index (Phi) is 3.88. The molecule has 0 aliphatic rings. The van der Waals surface area contributed by atoms with E-state index in [2.05, 4.69) is 5.32 Å². The molecule has 0 aromatic heterocycles. The normalized spacial score (nSPS) is 12.1. The Labute approximate surface area is 95.3 Å². The van der Waals surface area contributed by atoms with Gasteiger partial charge in [0.1, 0.15) is 11.9 Å². The van der Waals surface area contributed by atoms with Crippen LogP contribution in [0.4, 0.5) is 10.1 Å². The fourth-order valence-corrected chi connectivity index (χ4v) is 1.38. The third-order valence-electron chi connectivity index (χ3n) is 2.37. The number of rotatable bonds is 3. The lowest BCUT2D eigenvalue weighted by molar-refractivity contribution is -0.129. The van der Waals surface area contributed by atoms with Crippen LogP contribution in [-0.2, 0) is 4.79 Å². The number of halogens is 1. The number of amides is 1. The van der Waals surface area contributed by atoms with E-state index in [1.807, 2.05) is 0 Å². The lowest BCUT2D eigenvalue weighted by Gasteiger charge is -2.19. The number of carbonyl (C=O) groups excluding carboxylic acids is 1. The number of aryl methyl sites for hydroxylation is 1. The van der Waals surface area contributed by atoms with Crippen LogP contribution in [0.2, 0.25) is 0 Å². The third-order valence-corrected chi connectivity index (χ3v) is 2.37. The fourth-order valence-electron chi connectivity index (χ4n) is 1.38. The number of hydrogen-bond donors (Lipinski definition) is 1. The van der Waals surface area contributed by atoms with Gasteiger partial charge in [0.25, 0.3) is 0 Å².